The van der Waals surface area contributed by atoms with Crippen molar-refractivity contribution in [3.8, 4) is 5.69 Å². The SMILES string of the molecule is Cc1cc(N2CCN(C3CC(C(=O)N4CCSC4)N(C(C)O)C3)CC2)n(-c2ccccc2)n1. The molecular weight excluding hydrogens is 436 g/mol. The second kappa shape index (κ2) is 9.66. The van der Waals surface area contributed by atoms with Crippen molar-refractivity contribution in [3.63, 3.8) is 0 Å². The van der Waals surface area contributed by atoms with Gasteiger partial charge in [-0.15, -0.1) is 11.8 Å². The molecule has 33 heavy (non-hydrogen) atoms. The molecule has 1 amide bonds. The fourth-order valence-electron chi connectivity index (χ4n) is 5.34. The van der Waals surface area contributed by atoms with E-state index in [9.17, 15) is 9.90 Å². The molecule has 4 heterocycles. The standard InChI is InChI=1S/C24H34N6O2S/c1-18-14-23(30(25-18)20-6-4-3-5-7-20)27-10-8-26(9-11-27)21-15-22(29(16-21)19(2)31)24(32)28-12-13-33-17-28/h3-7,14,19,21-22,31H,8-13,15-17H2,1-2H3. The van der Waals surface area contributed by atoms with Crippen LogP contribution in [0.2, 0.25) is 0 Å². The number of aryl methyl sites for hydroxylation is 1. The third-order valence-corrected chi connectivity index (χ3v) is 8.08. The average Bonchev–Trinajstić information content (AvgIpc) is 3.59. The zero-order valence-electron chi connectivity index (χ0n) is 19.5. The van der Waals surface area contributed by atoms with Crippen LogP contribution in [-0.4, -0.2) is 105 Å². The number of aromatic nitrogens is 2. The Hall–Kier alpha value is -2.07. The quantitative estimate of drug-likeness (QED) is 0.712. The summed E-state index contributed by atoms with van der Waals surface area (Å²) in [6, 6.07) is 12.5. The second-order valence-electron chi connectivity index (χ2n) is 9.29. The van der Waals surface area contributed by atoms with Crippen molar-refractivity contribution in [2.24, 2.45) is 0 Å². The Balaban J connectivity index is 1.25. The lowest BCUT2D eigenvalue weighted by Crippen LogP contribution is -2.51. The lowest BCUT2D eigenvalue weighted by atomic mass is 10.1. The van der Waals surface area contributed by atoms with E-state index in [0.717, 1.165) is 74.5 Å². The first-order chi connectivity index (χ1) is 16.0. The van der Waals surface area contributed by atoms with Crippen molar-refractivity contribution in [1.82, 2.24) is 24.5 Å². The molecule has 3 aliphatic rings. The first kappa shape index (κ1) is 22.7. The van der Waals surface area contributed by atoms with Gasteiger partial charge in [0.25, 0.3) is 0 Å². The summed E-state index contributed by atoms with van der Waals surface area (Å²) in [6.45, 7) is 9.12. The minimum Gasteiger partial charge on any atom is -0.379 e. The Kier molecular flexibility index (Phi) is 6.65. The molecule has 1 aromatic carbocycles. The van der Waals surface area contributed by atoms with Crippen LogP contribution < -0.4 is 4.90 Å². The summed E-state index contributed by atoms with van der Waals surface area (Å²) in [4.78, 5) is 22.0. The summed E-state index contributed by atoms with van der Waals surface area (Å²) in [6.07, 6.45) is 0.190. The molecule has 0 bridgehead atoms. The van der Waals surface area contributed by atoms with Crippen LogP contribution in [0.1, 0.15) is 19.0 Å². The van der Waals surface area contributed by atoms with Gasteiger partial charge in [0.2, 0.25) is 5.91 Å². The van der Waals surface area contributed by atoms with Gasteiger partial charge in [-0.25, -0.2) is 4.68 Å². The average molecular weight is 471 g/mol. The number of carbonyl (C=O) groups excluding carboxylic acids is 1. The molecule has 0 aliphatic carbocycles. The van der Waals surface area contributed by atoms with Gasteiger partial charge in [0, 0.05) is 57.1 Å². The van der Waals surface area contributed by atoms with E-state index in [2.05, 4.69) is 28.0 Å². The highest BCUT2D eigenvalue weighted by atomic mass is 32.2. The summed E-state index contributed by atoms with van der Waals surface area (Å²) in [5.41, 5.74) is 2.09. The van der Waals surface area contributed by atoms with Crippen LogP contribution in [0.3, 0.4) is 0 Å². The van der Waals surface area contributed by atoms with Crippen molar-refractivity contribution in [2.75, 3.05) is 55.8 Å². The number of benzene rings is 1. The normalized spacial score (nSPS) is 25.7. The monoisotopic (exact) mass is 470 g/mol. The first-order valence-corrected chi connectivity index (χ1v) is 13.1. The summed E-state index contributed by atoms with van der Waals surface area (Å²) < 4.78 is 2.04. The number of para-hydroxylation sites is 1. The molecule has 1 aromatic heterocycles. The van der Waals surface area contributed by atoms with Crippen LogP contribution in [0, 0.1) is 6.92 Å². The van der Waals surface area contributed by atoms with Crippen LogP contribution in [0.4, 0.5) is 5.82 Å². The van der Waals surface area contributed by atoms with Gasteiger partial charge < -0.3 is 14.9 Å². The minimum atomic E-state index is -0.608. The van der Waals surface area contributed by atoms with Crippen LogP contribution in [0.5, 0.6) is 0 Å². The molecule has 1 N–H and O–H groups in total. The van der Waals surface area contributed by atoms with Gasteiger partial charge in [-0.1, -0.05) is 18.2 Å². The Labute approximate surface area is 200 Å². The smallest absolute Gasteiger partial charge is 0.240 e. The van der Waals surface area contributed by atoms with Crippen molar-refractivity contribution in [1.29, 1.82) is 0 Å². The number of likely N-dealkylation sites (tertiary alicyclic amines) is 1. The van der Waals surface area contributed by atoms with E-state index in [1.807, 2.05) is 51.4 Å². The van der Waals surface area contributed by atoms with E-state index in [1.165, 1.54) is 0 Å². The maximum absolute atomic E-state index is 13.1. The molecular formula is C24H34N6O2S. The topological polar surface area (TPSA) is 68.1 Å². The molecule has 178 valence electrons. The van der Waals surface area contributed by atoms with E-state index >= 15 is 0 Å². The molecule has 3 saturated heterocycles. The number of piperazine rings is 1. The molecule has 8 nitrogen and oxygen atoms in total. The number of anilines is 1. The number of aliphatic hydroxyl groups is 1. The number of aliphatic hydroxyl groups excluding tert-OH is 1. The highest BCUT2D eigenvalue weighted by Crippen LogP contribution is 2.29. The molecule has 0 saturated carbocycles. The molecule has 9 heteroatoms. The lowest BCUT2D eigenvalue weighted by Gasteiger charge is -2.39. The maximum Gasteiger partial charge on any atom is 0.240 e. The van der Waals surface area contributed by atoms with Crippen LogP contribution in [-0.2, 0) is 4.79 Å². The van der Waals surface area contributed by atoms with Crippen molar-refractivity contribution >= 4 is 23.5 Å². The third-order valence-electron chi connectivity index (χ3n) is 7.11. The fraction of sp³-hybridized carbons (Fsp3) is 0.583. The largest absolute Gasteiger partial charge is 0.379 e. The highest BCUT2D eigenvalue weighted by Gasteiger charge is 2.43. The number of carbonyl (C=O) groups is 1. The fourth-order valence-corrected chi connectivity index (χ4v) is 6.30. The predicted molar refractivity (Wildman–Crippen MR) is 132 cm³/mol. The van der Waals surface area contributed by atoms with Gasteiger partial charge in [-0.05, 0) is 32.4 Å². The minimum absolute atomic E-state index is 0.185. The van der Waals surface area contributed by atoms with E-state index in [-0.39, 0.29) is 11.9 Å². The van der Waals surface area contributed by atoms with E-state index in [1.54, 1.807) is 6.92 Å². The van der Waals surface area contributed by atoms with Gasteiger partial charge in [-0.3, -0.25) is 14.6 Å². The van der Waals surface area contributed by atoms with Crippen LogP contribution >= 0.6 is 11.8 Å². The number of nitrogens with zero attached hydrogens (tertiary/aromatic N) is 6. The van der Waals surface area contributed by atoms with Gasteiger partial charge in [-0.2, -0.15) is 5.10 Å². The first-order valence-electron chi connectivity index (χ1n) is 11.9. The Morgan fingerprint density at radius 2 is 1.91 bits per heavy atom. The van der Waals surface area contributed by atoms with Crippen molar-refractivity contribution < 1.29 is 9.90 Å². The number of amides is 1. The number of thioether (sulfide) groups is 1. The summed E-state index contributed by atoms with van der Waals surface area (Å²) in [5.74, 6) is 3.11. The molecule has 3 atom stereocenters. The molecule has 3 unspecified atom stereocenters. The number of rotatable bonds is 5. The molecule has 3 aliphatic heterocycles. The zero-order valence-corrected chi connectivity index (χ0v) is 20.3. The maximum atomic E-state index is 13.1. The molecule has 0 spiro atoms. The third kappa shape index (κ3) is 4.64. The number of hydrogen-bond donors (Lipinski definition) is 1. The summed E-state index contributed by atoms with van der Waals surface area (Å²) in [5, 5.41) is 15.1. The molecule has 3 fully saturated rings. The predicted octanol–water partition coefficient (Wildman–Crippen LogP) is 1.62. The lowest BCUT2D eigenvalue weighted by molar-refractivity contribution is -0.137. The van der Waals surface area contributed by atoms with Gasteiger partial charge in [0.15, 0.2) is 0 Å². The molecule has 5 rings (SSSR count). The molecule has 2 aromatic rings. The van der Waals surface area contributed by atoms with Crippen molar-refractivity contribution in [2.45, 2.75) is 38.6 Å². The van der Waals surface area contributed by atoms with Crippen LogP contribution in [0.25, 0.3) is 5.69 Å². The Morgan fingerprint density at radius 3 is 2.58 bits per heavy atom. The van der Waals surface area contributed by atoms with E-state index in [4.69, 9.17) is 5.10 Å². The second-order valence-corrected chi connectivity index (χ2v) is 10.4. The van der Waals surface area contributed by atoms with Crippen molar-refractivity contribution in [3.05, 3.63) is 42.1 Å². The Morgan fingerprint density at radius 1 is 1.15 bits per heavy atom. The van der Waals surface area contributed by atoms with Gasteiger partial charge in [0.1, 0.15) is 12.0 Å². The summed E-state index contributed by atoms with van der Waals surface area (Å²) in [7, 11) is 0. The summed E-state index contributed by atoms with van der Waals surface area (Å²) >= 11 is 1.81. The van der Waals surface area contributed by atoms with Crippen LogP contribution in [0.15, 0.2) is 36.4 Å². The van der Waals surface area contributed by atoms with Gasteiger partial charge in [0.05, 0.1) is 23.3 Å². The van der Waals surface area contributed by atoms with Gasteiger partial charge >= 0.3 is 0 Å². The Bertz CT molecular complexity index is 953. The molecule has 0 radical (unpaired) electrons. The van der Waals surface area contributed by atoms with E-state index in [0.29, 0.717) is 6.04 Å². The van der Waals surface area contributed by atoms with E-state index < -0.39 is 6.23 Å². The number of hydrogen-bond acceptors (Lipinski definition) is 7. The highest BCUT2D eigenvalue weighted by molar-refractivity contribution is 7.99. The zero-order chi connectivity index (χ0) is 22.9.